The number of para-hydroxylation sites is 1. The van der Waals surface area contributed by atoms with Gasteiger partial charge in [0, 0.05) is 24.7 Å². The smallest absolute Gasteiger partial charge is 0.337 e. The summed E-state index contributed by atoms with van der Waals surface area (Å²) in [7, 11) is 0. The van der Waals surface area contributed by atoms with Crippen LogP contribution in [0.25, 0.3) is 0 Å². The molecule has 1 heterocycles. The Morgan fingerprint density at radius 1 is 1.18 bits per heavy atom. The number of nitrogens with one attached hydrogen (secondary N) is 1. The third-order valence-corrected chi connectivity index (χ3v) is 4.69. The Balaban J connectivity index is 1.67. The van der Waals surface area contributed by atoms with Crippen molar-refractivity contribution in [2.75, 3.05) is 11.9 Å². The second-order valence-electron chi connectivity index (χ2n) is 6.23. The van der Waals surface area contributed by atoms with Gasteiger partial charge in [-0.25, -0.2) is 4.79 Å². The lowest BCUT2D eigenvalue weighted by molar-refractivity contribution is -0.130. The molecule has 3 rings (SSSR count). The van der Waals surface area contributed by atoms with Gasteiger partial charge in [-0.3, -0.25) is 4.79 Å². The zero-order valence-electron chi connectivity index (χ0n) is 12.6. The summed E-state index contributed by atoms with van der Waals surface area (Å²) < 4.78 is 0. The number of aromatic carboxylic acids is 1. The lowest BCUT2D eigenvalue weighted by Crippen LogP contribution is -2.38. The predicted octanol–water partition coefficient (Wildman–Crippen LogP) is 2.73. The summed E-state index contributed by atoms with van der Waals surface area (Å²) in [6.07, 6.45) is 6.33. The number of nitrogens with zero attached hydrogens (tertiary/aromatic N) is 1. The van der Waals surface area contributed by atoms with Crippen molar-refractivity contribution >= 4 is 17.6 Å². The van der Waals surface area contributed by atoms with Crippen LogP contribution in [0.15, 0.2) is 24.3 Å². The highest BCUT2D eigenvalue weighted by atomic mass is 16.4. The molecule has 0 aromatic heterocycles. The summed E-state index contributed by atoms with van der Waals surface area (Å²) in [5.41, 5.74) is 0.851. The molecule has 0 bridgehead atoms. The maximum absolute atomic E-state index is 12.3. The fourth-order valence-electron chi connectivity index (χ4n) is 3.59. The lowest BCUT2D eigenvalue weighted by atomic mass is 9.94. The van der Waals surface area contributed by atoms with Gasteiger partial charge in [-0.15, -0.1) is 0 Å². The minimum absolute atomic E-state index is 0.00470. The fraction of sp³-hybridized carbons (Fsp3) is 0.529. The molecule has 1 aromatic rings. The Labute approximate surface area is 130 Å². The van der Waals surface area contributed by atoms with Crippen molar-refractivity contribution in [3.63, 3.8) is 0 Å². The molecule has 1 atom stereocenters. The average molecular weight is 302 g/mol. The van der Waals surface area contributed by atoms with Gasteiger partial charge in [-0.05, 0) is 25.0 Å². The van der Waals surface area contributed by atoms with E-state index in [0.29, 0.717) is 24.7 Å². The number of hydrogen-bond acceptors (Lipinski definition) is 3. The summed E-state index contributed by atoms with van der Waals surface area (Å²) in [6.45, 7) is 0.678. The van der Waals surface area contributed by atoms with E-state index in [-0.39, 0.29) is 17.5 Å². The zero-order valence-corrected chi connectivity index (χ0v) is 12.6. The average Bonchev–Trinajstić information content (AvgIpc) is 2.89. The molecule has 2 fully saturated rings. The van der Waals surface area contributed by atoms with Crippen LogP contribution < -0.4 is 5.32 Å². The Bertz CT molecular complexity index is 567. The Hall–Kier alpha value is -2.04. The van der Waals surface area contributed by atoms with Crippen LogP contribution >= 0.6 is 0 Å². The third-order valence-electron chi connectivity index (χ3n) is 4.69. The Morgan fingerprint density at radius 2 is 1.91 bits per heavy atom. The van der Waals surface area contributed by atoms with E-state index >= 15 is 0 Å². The molecule has 1 unspecified atom stereocenters. The number of hydrogen-bond donors (Lipinski definition) is 2. The molecular weight excluding hydrogens is 280 g/mol. The number of carboxylic acids is 1. The number of carbonyl (C=O) groups excluding carboxylic acids is 1. The number of carbonyl (C=O) groups is 2. The van der Waals surface area contributed by atoms with Crippen molar-refractivity contribution in [2.24, 2.45) is 0 Å². The maximum atomic E-state index is 12.3. The molecule has 5 heteroatoms. The quantitative estimate of drug-likeness (QED) is 0.897. The van der Waals surface area contributed by atoms with E-state index in [4.69, 9.17) is 0 Å². The Kier molecular flexibility index (Phi) is 4.32. The topological polar surface area (TPSA) is 69.6 Å². The number of amides is 1. The normalized spacial score (nSPS) is 22.8. The van der Waals surface area contributed by atoms with E-state index in [0.717, 1.165) is 12.8 Å². The Morgan fingerprint density at radius 3 is 2.64 bits per heavy atom. The van der Waals surface area contributed by atoms with E-state index in [2.05, 4.69) is 5.32 Å². The minimum Gasteiger partial charge on any atom is -0.478 e. The first-order valence-corrected chi connectivity index (χ1v) is 8.03. The molecular formula is C17H22N2O3. The lowest BCUT2D eigenvalue weighted by Gasteiger charge is -2.31. The number of rotatable bonds is 4. The van der Waals surface area contributed by atoms with Gasteiger partial charge in [0.15, 0.2) is 0 Å². The van der Waals surface area contributed by atoms with Crippen LogP contribution in [-0.4, -0.2) is 40.5 Å². The standard InChI is InChI=1S/C17H22N2O3/c20-16-10-12(11-19(16)13-6-2-1-3-7-13)18-15-9-5-4-8-14(15)17(21)22/h4-5,8-9,12-13,18H,1-3,6-7,10-11H2,(H,21,22). The number of benzene rings is 1. The van der Waals surface area contributed by atoms with Crippen molar-refractivity contribution in [2.45, 2.75) is 50.6 Å². The largest absolute Gasteiger partial charge is 0.478 e. The molecule has 2 aliphatic rings. The molecule has 22 heavy (non-hydrogen) atoms. The van der Waals surface area contributed by atoms with Gasteiger partial charge in [0.25, 0.3) is 0 Å². The van der Waals surface area contributed by atoms with Crippen LogP contribution in [0.4, 0.5) is 5.69 Å². The molecule has 2 N–H and O–H groups in total. The first kappa shape index (κ1) is 14.9. The van der Waals surface area contributed by atoms with Gasteiger partial charge in [0.05, 0.1) is 11.6 Å². The van der Waals surface area contributed by atoms with Crippen LogP contribution in [0.5, 0.6) is 0 Å². The number of likely N-dealkylation sites (tertiary alicyclic amines) is 1. The van der Waals surface area contributed by atoms with Gasteiger partial charge < -0.3 is 15.3 Å². The molecule has 1 amide bonds. The van der Waals surface area contributed by atoms with Crippen LogP contribution in [0.1, 0.15) is 48.9 Å². The molecule has 1 aliphatic carbocycles. The molecule has 1 saturated heterocycles. The van der Waals surface area contributed by atoms with Crippen molar-refractivity contribution in [3.8, 4) is 0 Å². The highest BCUT2D eigenvalue weighted by Crippen LogP contribution is 2.28. The first-order chi connectivity index (χ1) is 10.6. The van der Waals surface area contributed by atoms with E-state index in [1.807, 2.05) is 11.0 Å². The van der Waals surface area contributed by atoms with Crippen molar-refractivity contribution in [3.05, 3.63) is 29.8 Å². The zero-order chi connectivity index (χ0) is 15.5. The van der Waals surface area contributed by atoms with Crippen molar-refractivity contribution < 1.29 is 14.7 Å². The van der Waals surface area contributed by atoms with Gasteiger partial charge >= 0.3 is 5.97 Å². The predicted molar refractivity (Wildman–Crippen MR) is 84.0 cm³/mol. The van der Waals surface area contributed by atoms with Crippen molar-refractivity contribution in [1.29, 1.82) is 0 Å². The minimum atomic E-state index is -0.948. The second-order valence-corrected chi connectivity index (χ2v) is 6.23. The monoisotopic (exact) mass is 302 g/mol. The van der Waals surface area contributed by atoms with E-state index in [9.17, 15) is 14.7 Å². The van der Waals surface area contributed by atoms with Gasteiger partial charge in [0.2, 0.25) is 5.91 Å². The van der Waals surface area contributed by atoms with Crippen LogP contribution in [0.2, 0.25) is 0 Å². The molecule has 1 saturated carbocycles. The summed E-state index contributed by atoms with van der Waals surface area (Å²) >= 11 is 0. The highest BCUT2D eigenvalue weighted by Gasteiger charge is 2.35. The van der Waals surface area contributed by atoms with Gasteiger partial charge in [-0.1, -0.05) is 31.4 Å². The number of carboxylic acid groups (broad SMARTS) is 1. The summed E-state index contributed by atoms with van der Waals surface area (Å²) in [6, 6.07) is 7.24. The van der Waals surface area contributed by atoms with Gasteiger partial charge in [-0.2, -0.15) is 0 Å². The molecule has 118 valence electrons. The highest BCUT2D eigenvalue weighted by molar-refractivity contribution is 5.94. The summed E-state index contributed by atoms with van der Waals surface area (Å²) in [5, 5.41) is 12.5. The molecule has 0 spiro atoms. The third kappa shape index (κ3) is 3.08. The molecule has 1 aliphatic heterocycles. The van der Waals surface area contributed by atoms with Crippen LogP contribution in [-0.2, 0) is 4.79 Å². The fourth-order valence-corrected chi connectivity index (χ4v) is 3.59. The van der Waals surface area contributed by atoms with Crippen LogP contribution in [0, 0.1) is 0 Å². The number of anilines is 1. The molecule has 5 nitrogen and oxygen atoms in total. The van der Waals surface area contributed by atoms with E-state index in [1.54, 1.807) is 18.2 Å². The molecule has 0 radical (unpaired) electrons. The first-order valence-electron chi connectivity index (χ1n) is 8.03. The van der Waals surface area contributed by atoms with E-state index in [1.165, 1.54) is 19.3 Å². The summed E-state index contributed by atoms with van der Waals surface area (Å²) in [4.78, 5) is 25.5. The summed E-state index contributed by atoms with van der Waals surface area (Å²) in [5.74, 6) is -0.756. The SMILES string of the molecule is O=C(O)c1ccccc1NC1CC(=O)N(C2CCCCC2)C1. The molecule has 1 aromatic carbocycles. The maximum Gasteiger partial charge on any atom is 0.337 e. The van der Waals surface area contributed by atoms with Gasteiger partial charge in [0.1, 0.15) is 0 Å². The van der Waals surface area contributed by atoms with Crippen LogP contribution in [0.3, 0.4) is 0 Å². The van der Waals surface area contributed by atoms with Crippen molar-refractivity contribution in [1.82, 2.24) is 4.90 Å². The van der Waals surface area contributed by atoms with E-state index < -0.39 is 5.97 Å². The second kappa shape index (κ2) is 6.38.